The van der Waals surface area contributed by atoms with Gasteiger partial charge in [0.15, 0.2) is 5.82 Å². The fraction of sp³-hybridized carbons (Fsp3) is 0.231. The predicted octanol–water partition coefficient (Wildman–Crippen LogP) is 3.78. The maximum Gasteiger partial charge on any atom is 0.160 e. The molecule has 0 aliphatic heterocycles. The highest BCUT2D eigenvalue weighted by atomic mass is 79.9. The highest BCUT2D eigenvalue weighted by molar-refractivity contribution is 9.10. The first-order chi connectivity index (χ1) is 7.72. The SMILES string of the molecule is CCc1c(C)nc(-c2ccccc2)nc1Br. The minimum Gasteiger partial charge on any atom is -0.233 e. The first kappa shape index (κ1) is 11.3. The number of nitrogens with zero attached hydrogens (tertiary/aromatic N) is 2. The van der Waals surface area contributed by atoms with Crippen molar-refractivity contribution in [2.24, 2.45) is 0 Å². The number of halogens is 1. The summed E-state index contributed by atoms with van der Waals surface area (Å²) >= 11 is 3.50. The summed E-state index contributed by atoms with van der Waals surface area (Å²) in [6, 6.07) is 10.0. The zero-order chi connectivity index (χ0) is 11.5. The summed E-state index contributed by atoms with van der Waals surface area (Å²) in [7, 11) is 0. The van der Waals surface area contributed by atoms with Gasteiger partial charge in [0.05, 0.1) is 0 Å². The van der Waals surface area contributed by atoms with Crippen molar-refractivity contribution in [3.8, 4) is 11.4 Å². The third kappa shape index (κ3) is 2.14. The first-order valence-electron chi connectivity index (χ1n) is 5.30. The maximum atomic E-state index is 4.53. The lowest BCUT2D eigenvalue weighted by molar-refractivity contribution is 0.981. The van der Waals surface area contributed by atoms with Crippen LogP contribution in [0, 0.1) is 6.92 Å². The highest BCUT2D eigenvalue weighted by Crippen LogP contribution is 2.22. The summed E-state index contributed by atoms with van der Waals surface area (Å²) in [5.74, 6) is 0.780. The Morgan fingerprint density at radius 2 is 1.81 bits per heavy atom. The van der Waals surface area contributed by atoms with Gasteiger partial charge in [-0.2, -0.15) is 0 Å². The van der Waals surface area contributed by atoms with E-state index in [0.717, 1.165) is 28.1 Å². The van der Waals surface area contributed by atoms with Crippen LogP contribution >= 0.6 is 15.9 Å². The van der Waals surface area contributed by atoms with Gasteiger partial charge in [0.25, 0.3) is 0 Å². The fourth-order valence-corrected chi connectivity index (χ4v) is 2.41. The van der Waals surface area contributed by atoms with Crippen LogP contribution in [0.3, 0.4) is 0 Å². The van der Waals surface area contributed by atoms with Crippen molar-refractivity contribution < 1.29 is 0 Å². The topological polar surface area (TPSA) is 25.8 Å². The second kappa shape index (κ2) is 4.74. The summed E-state index contributed by atoms with van der Waals surface area (Å²) < 4.78 is 0.904. The zero-order valence-electron chi connectivity index (χ0n) is 9.37. The Bertz CT molecular complexity index is 472. The van der Waals surface area contributed by atoms with Crippen LogP contribution in [-0.4, -0.2) is 9.97 Å². The molecule has 2 nitrogen and oxygen atoms in total. The van der Waals surface area contributed by atoms with Crippen molar-refractivity contribution in [3.05, 3.63) is 46.2 Å². The van der Waals surface area contributed by atoms with Gasteiger partial charge in [0.2, 0.25) is 0 Å². The molecule has 16 heavy (non-hydrogen) atoms. The van der Waals surface area contributed by atoms with Crippen LogP contribution in [0.4, 0.5) is 0 Å². The van der Waals surface area contributed by atoms with Crippen LogP contribution in [0.25, 0.3) is 11.4 Å². The monoisotopic (exact) mass is 276 g/mol. The molecule has 0 bridgehead atoms. The van der Waals surface area contributed by atoms with Crippen molar-refractivity contribution in [2.45, 2.75) is 20.3 Å². The van der Waals surface area contributed by atoms with Gasteiger partial charge < -0.3 is 0 Å². The van der Waals surface area contributed by atoms with Gasteiger partial charge in [0, 0.05) is 16.8 Å². The van der Waals surface area contributed by atoms with Crippen LogP contribution in [0.15, 0.2) is 34.9 Å². The van der Waals surface area contributed by atoms with E-state index in [1.54, 1.807) is 0 Å². The summed E-state index contributed by atoms with van der Waals surface area (Å²) in [4.78, 5) is 9.01. The zero-order valence-corrected chi connectivity index (χ0v) is 11.0. The van der Waals surface area contributed by atoms with Crippen molar-refractivity contribution in [1.82, 2.24) is 9.97 Å². The Morgan fingerprint density at radius 1 is 1.12 bits per heavy atom. The van der Waals surface area contributed by atoms with Gasteiger partial charge in [-0.15, -0.1) is 0 Å². The predicted molar refractivity (Wildman–Crippen MR) is 69.3 cm³/mol. The maximum absolute atomic E-state index is 4.53. The van der Waals surface area contributed by atoms with Gasteiger partial charge in [-0.1, -0.05) is 37.3 Å². The second-order valence-electron chi connectivity index (χ2n) is 3.62. The standard InChI is InChI=1S/C13H13BrN2/c1-3-11-9(2)15-13(16-12(11)14)10-7-5-4-6-8-10/h4-8H,3H2,1-2H3. The second-order valence-corrected chi connectivity index (χ2v) is 4.37. The molecule has 0 aliphatic carbocycles. The number of hydrogen-bond donors (Lipinski definition) is 0. The van der Waals surface area contributed by atoms with Gasteiger partial charge in [0.1, 0.15) is 4.60 Å². The van der Waals surface area contributed by atoms with Gasteiger partial charge >= 0.3 is 0 Å². The molecular weight excluding hydrogens is 264 g/mol. The molecule has 0 spiro atoms. The van der Waals surface area contributed by atoms with E-state index in [9.17, 15) is 0 Å². The summed E-state index contributed by atoms with van der Waals surface area (Å²) in [6.07, 6.45) is 0.946. The lowest BCUT2D eigenvalue weighted by atomic mass is 10.1. The minimum absolute atomic E-state index is 0.780. The number of aromatic nitrogens is 2. The number of benzene rings is 1. The Kier molecular flexibility index (Phi) is 3.34. The highest BCUT2D eigenvalue weighted by Gasteiger charge is 2.08. The number of hydrogen-bond acceptors (Lipinski definition) is 2. The fourth-order valence-electron chi connectivity index (χ4n) is 1.68. The molecule has 0 atom stereocenters. The van der Waals surface area contributed by atoms with Crippen molar-refractivity contribution in [1.29, 1.82) is 0 Å². The average molecular weight is 277 g/mol. The van der Waals surface area contributed by atoms with Crippen LogP contribution in [-0.2, 0) is 6.42 Å². The van der Waals surface area contributed by atoms with Crippen LogP contribution < -0.4 is 0 Å². The molecule has 0 unspecified atom stereocenters. The van der Waals surface area contributed by atoms with Gasteiger partial charge in [-0.25, -0.2) is 9.97 Å². The van der Waals surface area contributed by atoms with Gasteiger partial charge in [-0.05, 0) is 29.3 Å². The summed E-state index contributed by atoms with van der Waals surface area (Å²) in [5.41, 5.74) is 3.27. The van der Waals surface area contributed by atoms with Crippen LogP contribution in [0.2, 0.25) is 0 Å². The molecule has 1 aromatic heterocycles. The molecule has 2 aromatic rings. The number of rotatable bonds is 2. The van der Waals surface area contributed by atoms with Crippen molar-refractivity contribution >= 4 is 15.9 Å². The Morgan fingerprint density at radius 3 is 2.38 bits per heavy atom. The molecule has 0 amide bonds. The molecule has 1 heterocycles. The lowest BCUT2D eigenvalue weighted by Crippen LogP contribution is -1.99. The number of aryl methyl sites for hydroxylation is 1. The Labute approximate surface area is 104 Å². The normalized spacial score (nSPS) is 10.4. The molecule has 1 aromatic carbocycles. The average Bonchev–Trinajstić information content (AvgIpc) is 2.30. The minimum atomic E-state index is 0.780. The summed E-state index contributed by atoms with van der Waals surface area (Å²) in [6.45, 7) is 4.14. The largest absolute Gasteiger partial charge is 0.233 e. The van der Waals surface area contributed by atoms with Crippen LogP contribution in [0.5, 0.6) is 0 Å². The van der Waals surface area contributed by atoms with E-state index < -0.39 is 0 Å². The third-order valence-electron chi connectivity index (χ3n) is 2.55. The smallest absolute Gasteiger partial charge is 0.160 e. The molecule has 0 N–H and O–H groups in total. The van der Waals surface area contributed by atoms with E-state index in [-0.39, 0.29) is 0 Å². The van der Waals surface area contributed by atoms with Gasteiger partial charge in [-0.3, -0.25) is 0 Å². The van der Waals surface area contributed by atoms with Crippen molar-refractivity contribution in [3.63, 3.8) is 0 Å². The Hall–Kier alpha value is -1.22. The van der Waals surface area contributed by atoms with E-state index in [1.165, 1.54) is 5.56 Å². The van der Waals surface area contributed by atoms with E-state index in [0.29, 0.717) is 0 Å². The molecule has 0 fully saturated rings. The van der Waals surface area contributed by atoms with Crippen molar-refractivity contribution in [2.75, 3.05) is 0 Å². The van der Waals surface area contributed by atoms with E-state index in [2.05, 4.69) is 32.8 Å². The summed E-state index contributed by atoms with van der Waals surface area (Å²) in [5, 5.41) is 0. The molecular formula is C13H13BrN2. The molecule has 0 aliphatic rings. The Balaban J connectivity index is 2.53. The van der Waals surface area contributed by atoms with E-state index in [1.807, 2.05) is 37.3 Å². The van der Waals surface area contributed by atoms with E-state index in [4.69, 9.17) is 0 Å². The molecule has 0 saturated carbocycles. The van der Waals surface area contributed by atoms with Crippen LogP contribution in [0.1, 0.15) is 18.2 Å². The molecule has 0 radical (unpaired) electrons. The molecule has 2 rings (SSSR count). The molecule has 3 heteroatoms. The molecule has 82 valence electrons. The quantitative estimate of drug-likeness (QED) is 0.781. The molecule has 0 saturated heterocycles. The lowest BCUT2D eigenvalue weighted by Gasteiger charge is -2.07. The first-order valence-corrected chi connectivity index (χ1v) is 6.10. The van der Waals surface area contributed by atoms with E-state index >= 15 is 0 Å². The third-order valence-corrected chi connectivity index (χ3v) is 3.20.